The Labute approximate surface area is 267 Å². The van der Waals surface area contributed by atoms with Crippen LogP contribution in [0.3, 0.4) is 0 Å². The summed E-state index contributed by atoms with van der Waals surface area (Å²) < 4.78 is 48.9. The number of anilines is 1. The summed E-state index contributed by atoms with van der Waals surface area (Å²) in [5, 5.41) is 9.75. The highest BCUT2D eigenvalue weighted by Gasteiger charge is 2.40. The van der Waals surface area contributed by atoms with Gasteiger partial charge in [0.2, 0.25) is 5.91 Å². The zero-order valence-electron chi connectivity index (χ0n) is 26.3. The van der Waals surface area contributed by atoms with Crippen molar-refractivity contribution in [1.82, 2.24) is 25.3 Å². The minimum Gasteiger partial charge on any atom is -0.478 e. The third-order valence-corrected chi connectivity index (χ3v) is 9.10. The monoisotopic (exact) mass is 638 g/mol. The highest BCUT2D eigenvalue weighted by Crippen LogP contribution is 2.38. The lowest BCUT2D eigenvalue weighted by Crippen LogP contribution is -2.54. The topological polar surface area (TPSA) is 93.8 Å². The molecule has 3 fully saturated rings. The first kappa shape index (κ1) is 31.9. The van der Waals surface area contributed by atoms with Crippen molar-refractivity contribution < 1.29 is 27.5 Å². The van der Waals surface area contributed by atoms with Gasteiger partial charge >= 0.3 is 6.18 Å². The summed E-state index contributed by atoms with van der Waals surface area (Å²) in [6.45, 7) is 7.47. The van der Waals surface area contributed by atoms with E-state index in [1.807, 2.05) is 29.2 Å². The van der Waals surface area contributed by atoms with Crippen LogP contribution in [0.15, 0.2) is 54.9 Å². The molecule has 246 valence electrons. The molecule has 1 saturated carbocycles. The zero-order chi connectivity index (χ0) is 32.5. The Kier molecular flexibility index (Phi) is 9.00. The molecule has 3 aliphatic rings. The highest BCUT2D eigenvalue weighted by atomic mass is 19.4. The number of amides is 2. The molecule has 2 N–H and O–H groups in total. The maximum Gasteiger partial charge on any atom is 0.416 e. The molecule has 1 aliphatic carbocycles. The summed E-state index contributed by atoms with van der Waals surface area (Å²) >= 11 is 0. The third kappa shape index (κ3) is 7.16. The number of aromatic amines is 1. The van der Waals surface area contributed by atoms with Gasteiger partial charge in [0.25, 0.3) is 5.91 Å². The molecular formula is C34H41F3N6O3. The van der Waals surface area contributed by atoms with Crippen LogP contribution in [0.5, 0.6) is 5.75 Å². The SMILES string of the molecule is CC(C)(Oc1cccc(N2CCC[C@@H](C(=O)N(Cc3ccc(-c4cn[nH]c4)cc3C(F)(F)F)C3CC3)C2)c1)C(=O)N1CCNCC1. The largest absolute Gasteiger partial charge is 0.478 e. The molecule has 0 unspecified atom stereocenters. The van der Waals surface area contributed by atoms with E-state index in [0.29, 0.717) is 42.9 Å². The highest BCUT2D eigenvalue weighted by molar-refractivity contribution is 5.85. The summed E-state index contributed by atoms with van der Waals surface area (Å²) in [7, 11) is 0. The van der Waals surface area contributed by atoms with E-state index in [4.69, 9.17) is 4.74 Å². The number of carbonyl (C=O) groups excluding carboxylic acids is 2. The number of nitrogens with zero attached hydrogens (tertiary/aromatic N) is 4. The first-order valence-corrected chi connectivity index (χ1v) is 16.0. The quantitative estimate of drug-likeness (QED) is 0.339. The number of piperidine rings is 1. The Hall–Kier alpha value is -4.06. The van der Waals surface area contributed by atoms with Crippen LogP contribution in [0.25, 0.3) is 11.1 Å². The van der Waals surface area contributed by atoms with E-state index in [1.165, 1.54) is 12.3 Å². The second-order valence-electron chi connectivity index (χ2n) is 13.0. The van der Waals surface area contributed by atoms with E-state index in [2.05, 4.69) is 20.4 Å². The van der Waals surface area contributed by atoms with Crippen LogP contribution in [0.1, 0.15) is 50.7 Å². The second-order valence-corrected chi connectivity index (χ2v) is 13.0. The van der Waals surface area contributed by atoms with E-state index in [9.17, 15) is 22.8 Å². The third-order valence-electron chi connectivity index (χ3n) is 9.10. The number of carbonyl (C=O) groups is 2. The average molecular weight is 639 g/mol. The molecule has 0 spiro atoms. The molecule has 3 heterocycles. The van der Waals surface area contributed by atoms with E-state index in [1.54, 1.807) is 31.0 Å². The molecule has 2 aliphatic heterocycles. The van der Waals surface area contributed by atoms with Crippen molar-refractivity contribution in [2.24, 2.45) is 5.92 Å². The first-order chi connectivity index (χ1) is 22.0. The van der Waals surface area contributed by atoms with Crippen LogP contribution < -0.4 is 15.0 Å². The van der Waals surface area contributed by atoms with Crippen molar-refractivity contribution in [1.29, 1.82) is 0 Å². The van der Waals surface area contributed by atoms with E-state index in [-0.39, 0.29) is 35.9 Å². The van der Waals surface area contributed by atoms with Crippen molar-refractivity contribution in [3.63, 3.8) is 0 Å². The number of ether oxygens (including phenoxy) is 1. The van der Waals surface area contributed by atoms with E-state index >= 15 is 0 Å². The van der Waals surface area contributed by atoms with Gasteiger partial charge in [-0.05, 0) is 68.9 Å². The van der Waals surface area contributed by atoms with Crippen molar-refractivity contribution in [3.05, 3.63) is 66.0 Å². The molecule has 3 aromatic rings. The normalized spacial score (nSPS) is 19.2. The molecule has 46 heavy (non-hydrogen) atoms. The molecule has 6 rings (SSSR count). The molecule has 12 heteroatoms. The van der Waals surface area contributed by atoms with E-state index < -0.39 is 17.3 Å². The number of aromatic nitrogens is 2. The Morgan fingerprint density at radius 2 is 1.80 bits per heavy atom. The van der Waals surface area contributed by atoms with Crippen molar-refractivity contribution >= 4 is 17.5 Å². The standard InChI is InChI=1S/C34H41F3N6O3/c1-33(2,32(45)41-15-12-38-13-16-41)46-29-7-3-6-28(18-29)42-14-4-5-25(21-42)31(44)43(27-10-11-27)22-24-9-8-23(26-19-39-40-20-26)17-30(24)34(35,36)37/h3,6-9,17-20,25,27,38H,4-5,10-16,21-22H2,1-2H3,(H,39,40)/t25-/m1/s1. The van der Waals surface area contributed by atoms with Crippen LogP contribution in [0.4, 0.5) is 18.9 Å². The number of alkyl halides is 3. The summed E-state index contributed by atoms with van der Waals surface area (Å²) in [6, 6.07) is 11.8. The van der Waals surface area contributed by atoms with E-state index in [0.717, 1.165) is 50.7 Å². The number of halogens is 3. The minimum absolute atomic E-state index is 0.0512. The Balaban J connectivity index is 1.16. The van der Waals surface area contributed by atoms with Gasteiger partial charge in [-0.3, -0.25) is 14.7 Å². The van der Waals surface area contributed by atoms with Gasteiger partial charge < -0.3 is 24.8 Å². The fourth-order valence-corrected chi connectivity index (χ4v) is 6.50. The fourth-order valence-electron chi connectivity index (χ4n) is 6.50. The minimum atomic E-state index is -4.56. The average Bonchev–Trinajstić information content (AvgIpc) is 3.75. The number of piperazine rings is 1. The summed E-state index contributed by atoms with van der Waals surface area (Å²) in [6.07, 6.45) is 1.51. The van der Waals surface area contributed by atoms with Gasteiger partial charge in [-0.25, -0.2) is 0 Å². The molecule has 0 bridgehead atoms. The van der Waals surface area contributed by atoms with Crippen LogP contribution in [-0.4, -0.2) is 82.7 Å². The number of benzene rings is 2. The predicted octanol–water partition coefficient (Wildman–Crippen LogP) is 5.09. The number of hydrogen-bond donors (Lipinski definition) is 2. The van der Waals surface area contributed by atoms with Gasteiger partial charge in [0.05, 0.1) is 17.7 Å². The smallest absolute Gasteiger partial charge is 0.416 e. The molecular weight excluding hydrogens is 597 g/mol. The van der Waals surface area contributed by atoms with Crippen LogP contribution in [0, 0.1) is 5.92 Å². The van der Waals surface area contributed by atoms with Crippen LogP contribution >= 0.6 is 0 Å². The van der Waals surface area contributed by atoms with Gasteiger partial charge in [0, 0.05) is 75.4 Å². The van der Waals surface area contributed by atoms with Crippen molar-refractivity contribution in [2.45, 2.75) is 63.9 Å². The number of nitrogens with one attached hydrogen (secondary N) is 2. The van der Waals surface area contributed by atoms with Gasteiger partial charge in [-0.15, -0.1) is 0 Å². The van der Waals surface area contributed by atoms with Crippen molar-refractivity contribution in [3.8, 4) is 16.9 Å². The lowest BCUT2D eigenvalue weighted by Gasteiger charge is -2.37. The zero-order valence-corrected chi connectivity index (χ0v) is 26.3. The maximum atomic E-state index is 14.2. The second kappa shape index (κ2) is 13.0. The number of H-pyrrole nitrogens is 1. The molecule has 2 saturated heterocycles. The molecule has 9 nitrogen and oxygen atoms in total. The molecule has 2 amide bonds. The summed E-state index contributed by atoms with van der Waals surface area (Å²) in [5.41, 5.74) is 0.180. The number of hydrogen-bond acceptors (Lipinski definition) is 6. The van der Waals surface area contributed by atoms with Crippen molar-refractivity contribution in [2.75, 3.05) is 44.2 Å². The molecule has 0 radical (unpaired) electrons. The molecule has 2 aromatic carbocycles. The molecule has 1 atom stereocenters. The maximum absolute atomic E-state index is 14.2. The fraction of sp³-hybridized carbons (Fsp3) is 0.500. The Morgan fingerprint density at radius 1 is 1.02 bits per heavy atom. The lowest BCUT2D eigenvalue weighted by molar-refractivity contribution is -0.146. The lowest BCUT2D eigenvalue weighted by atomic mass is 9.95. The van der Waals surface area contributed by atoms with Gasteiger partial charge in [0.1, 0.15) is 5.75 Å². The Bertz CT molecular complexity index is 1530. The van der Waals surface area contributed by atoms with Crippen LogP contribution in [-0.2, 0) is 22.3 Å². The first-order valence-electron chi connectivity index (χ1n) is 16.0. The summed E-state index contributed by atoms with van der Waals surface area (Å²) in [4.78, 5) is 32.8. The van der Waals surface area contributed by atoms with Gasteiger partial charge in [0.15, 0.2) is 5.60 Å². The summed E-state index contributed by atoms with van der Waals surface area (Å²) in [5.74, 6) is 0.0594. The Morgan fingerprint density at radius 3 is 2.50 bits per heavy atom. The van der Waals surface area contributed by atoms with Crippen LogP contribution in [0.2, 0.25) is 0 Å². The molecule has 1 aromatic heterocycles. The number of rotatable bonds is 9. The predicted molar refractivity (Wildman–Crippen MR) is 168 cm³/mol. The van der Waals surface area contributed by atoms with Gasteiger partial charge in [-0.1, -0.05) is 18.2 Å². The van der Waals surface area contributed by atoms with Gasteiger partial charge in [-0.2, -0.15) is 18.3 Å².